The molecule has 0 bridgehead atoms. The van der Waals surface area contributed by atoms with E-state index in [1.165, 1.54) is 10.6 Å². The molecule has 194 valence electrons. The zero-order valence-electron chi connectivity index (χ0n) is 21.6. The number of fused-ring (bicyclic) bond motifs is 1. The van der Waals surface area contributed by atoms with Crippen LogP contribution in [0.3, 0.4) is 0 Å². The molecular weight excluding hydrogens is 480 g/mol. The predicted octanol–water partition coefficient (Wildman–Crippen LogP) is 3.82. The van der Waals surface area contributed by atoms with E-state index >= 15 is 0 Å². The number of carbonyl (C=O) groups excluding carboxylic acids is 4. The Labute approximate surface area is 218 Å². The predicted molar refractivity (Wildman–Crippen MR) is 142 cm³/mol. The van der Waals surface area contributed by atoms with Crippen LogP contribution < -0.4 is 15.5 Å². The van der Waals surface area contributed by atoms with Gasteiger partial charge in [-0.15, -0.1) is 0 Å². The summed E-state index contributed by atoms with van der Waals surface area (Å²) in [5.41, 5.74) is 4.60. The van der Waals surface area contributed by atoms with Crippen molar-refractivity contribution in [3.8, 4) is 0 Å². The van der Waals surface area contributed by atoms with E-state index in [1.54, 1.807) is 12.1 Å². The molecule has 1 saturated heterocycles. The monoisotopic (exact) mass is 514 g/mol. The van der Waals surface area contributed by atoms with Gasteiger partial charge in [0.25, 0.3) is 5.91 Å². The summed E-state index contributed by atoms with van der Waals surface area (Å²) >= 11 is 5.99. The summed E-state index contributed by atoms with van der Waals surface area (Å²) in [6, 6.07) is 10.9. The minimum absolute atomic E-state index is 0.195. The largest absolute Gasteiger partial charge is 0.375 e. The first kappa shape index (κ1) is 28.8. The van der Waals surface area contributed by atoms with E-state index < -0.39 is 11.9 Å². The SMILES string of the molecule is CC.CCN(C)c1ccc(C)c(Cl)c1.O=CNCc1ccc2c(c1)CN(C1CCC(=O)NC1=O)C2=O. The van der Waals surface area contributed by atoms with Gasteiger partial charge in [-0.05, 0) is 55.2 Å². The van der Waals surface area contributed by atoms with E-state index in [1.807, 2.05) is 39.0 Å². The Bertz CT molecular complexity index is 1110. The molecule has 8 nitrogen and oxygen atoms in total. The van der Waals surface area contributed by atoms with Gasteiger partial charge in [0, 0.05) is 49.4 Å². The van der Waals surface area contributed by atoms with E-state index in [2.05, 4.69) is 35.6 Å². The third-order valence-electron chi connectivity index (χ3n) is 6.05. The second-order valence-electron chi connectivity index (χ2n) is 8.34. The van der Waals surface area contributed by atoms with Gasteiger partial charge in [-0.2, -0.15) is 0 Å². The Kier molecular flexibility index (Phi) is 10.9. The summed E-state index contributed by atoms with van der Waals surface area (Å²) in [5.74, 6) is -0.910. The summed E-state index contributed by atoms with van der Waals surface area (Å²) < 4.78 is 0. The van der Waals surface area contributed by atoms with Crippen LogP contribution in [0.25, 0.3) is 0 Å². The number of aryl methyl sites for hydroxylation is 1. The van der Waals surface area contributed by atoms with Crippen molar-refractivity contribution in [1.29, 1.82) is 0 Å². The summed E-state index contributed by atoms with van der Waals surface area (Å²) in [7, 11) is 2.06. The van der Waals surface area contributed by atoms with Crippen LogP contribution in [-0.2, 0) is 27.5 Å². The lowest BCUT2D eigenvalue weighted by Crippen LogP contribution is -2.52. The number of piperidine rings is 1. The van der Waals surface area contributed by atoms with Gasteiger partial charge < -0.3 is 15.1 Å². The lowest BCUT2D eigenvalue weighted by atomic mass is 10.0. The number of nitrogens with one attached hydrogen (secondary N) is 2. The fraction of sp³-hybridized carbons (Fsp3) is 0.407. The highest BCUT2D eigenvalue weighted by atomic mass is 35.5. The minimum atomic E-state index is -0.603. The molecule has 36 heavy (non-hydrogen) atoms. The van der Waals surface area contributed by atoms with E-state index in [4.69, 9.17) is 11.6 Å². The third-order valence-corrected chi connectivity index (χ3v) is 6.46. The molecule has 2 heterocycles. The molecule has 0 aliphatic carbocycles. The summed E-state index contributed by atoms with van der Waals surface area (Å²) in [4.78, 5) is 49.6. The molecule has 1 unspecified atom stereocenters. The van der Waals surface area contributed by atoms with Crippen LogP contribution >= 0.6 is 11.6 Å². The summed E-state index contributed by atoms with van der Waals surface area (Å²) in [6.07, 6.45) is 1.21. The molecule has 2 aromatic rings. The number of nitrogens with zero attached hydrogens (tertiary/aromatic N) is 2. The number of amides is 4. The number of rotatable bonds is 6. The standard InChI is InChI=1S/C15H15N3O4.C10H14ClN.C2H6/c19-8-16-6-9-1-2-11-10(5-9)7-18(15(11)22)12-3-4-13(20)17-14(12)21;1-4-12(3)9-6-5-8(2)10(11)7-9;1-2/h1-2,5,8,12H,3-4,6-7H2,(H,16,19)(H,17,20,21);5-7H,4H2,1-3H3;1-2H3. The smallest absolute Gasteiger partial charge is 0.255 e. The Balaban J connectivity index is 0.000000277. The van der Waals surface area contributed by atoms with Crippen LogP contribution in [0.1, 0.15) is 60.7 Å². The fourth-order valence-electron chi connectivity index (χ4n) is 3.90. The number of imide groups is 1. The van der Waals surface area contributed by atoms with E-state index in [9.17, 15) is 19.2 Å². The van der Waals surface area contributed by atoms with Crippen molar-refractivity contribution in [3.63, 3.8) is 0 Å². The third kappa shape index (κ3) is 7.07. The molecule has 0 radical (unpaired) electrons. The Morgan fingerprint density at radius 1 is 1.17 bits per heavy atom. The van der Waals surface area contributed by atoms with Crippen molar-refractivity contribution in [2.24, 2.45) is 0 Å². The van der Waals surface area contributed by atoms with Gasteiger partial charge in [-0.1, -0.05) is 43.6 Å². The first-order valence-corrected chi connectivity index (χ1v) is 12.5. The molecule has 2 aliphatic rings. The molecule has 1 atom stereocenters. The summed E-state index contributed by atoms with van der Waals surface area (Å²) in [5, 5.41) is 5.69. The molecule has 4 amide bonds. The molecule has 0 saturated carbocycles. The zero-order valence-corrected chi connectivity index (χ0v) is 22.3. The Hall–Kier alpha value is -3.39. The second kappa shape index (κ2) is 13.6. The average Bonchev–Trinajstić information content (AvgIpc) is 3.20. The van der Waals surface area contributed by atoms with Gasteiger partial charge in [0.05, 0.1) is 0 Å². The molecule has 2 aromatic carbocycles. The van der Waals surface area contributed by atoms with Crippen molar-refractivity contribution < 1.29 is 19.2 Å². The highest BCUT2D eigenvalue weighted by Crippen LogP contribution is 2.28. The normalized spacial score (nSPS) is 16.1. The van der Waals surface area contributed by atoms with Crippen molar-refractivity contribution in [1.82, 2.24) is 15.5 Å². The van der Waals surface area contributed by atoms with E-state index in [0.29, 0.717) is 31.5 Å². The lowest BCUT2D eigenvalue weighted by molar-refractivity contribution is -0.136. The van der Waals surface area contributed by atoms with Gasteiger partial charge in [-0.25, -0.2) is 0 Å². The van der Waals surface area contributed by atoms with Gasteiger partial charge >= 0.3 is 0 Å². The van der Waals surface area contributed by atoms with Crippen LogP contribution in [0.4, 0.5) is 5.69 Å². The second-order valence-corrected chi connectivity index (χ2v) is 8.75. The number of benzene rings is 2. The topological polar surface area (TPSA) is 98.8 Å². The van der Waals surface area contributed by atoms with Crippen LogP contribution in [0.15, 0.2) is 36.4 Å². The van der Waals surface area contributed by atoms with Gasteiger partial charge in [0.1, 0.15) is 6.04 Å². The highest BCUT2D eigenvalue weighted by molar-refractivity contribution is 6.31. The van der Waals surface area contributed by atoms with Gasteiger partial charge in [-0.3, -0.25) is 24.5 Å². The van der Waals surface area contributed by atoms with Crippen LogP contribution in [0.2, 0.25) is 5.02 Å². The molecule has 9 heteroatoms. The van der Waals surface area contributed by atoms with Crippen LogP contribution in [0, 0.1) is 6.92 Å². The lowest BCUT2D eigenvalue weighted by Gasteiger charge is -2.29. The number of hydrogen-bond acceptors (Lipinski definition) is 5. The average molecular weight is 515 g/mol. The Morgan fingerprint density at radius 2 is 1.89 bits per heavy atom. The molecule has 2 N–H and O–H groups in total. The maximum Gasteiger partial charge on any atom is 0.255 e. The maximum absolute atomic E-state index is 12.4. The minimum Gasteiger partial charge on any atom is -0.375 e. The quantitative estimate of drug-likeness (QED) is 0.451. The summed E-state index contributed by atoms with van der Waals surface area (Å²) in [6.45, 7) is 9.87. The first-order chi connectivity index (χ1) is 17.2. The first-order valence-electron chi connectivity index (χ1n) is 12.2. The number of hydrogen-bond donors (Lipinski definition) is 2. The number of carbonyl (C=O) groups is 4. The van der Waals surface area contributed by atoms with E-state index in [-0.39, 0.29) is 18.2 Å². The van der Waals surface area contributed by atoms with Crippen molar-refractivity contribution in [2.45, 2.75) is 59.7 Å². The fourth-order valence-corrected chi connectivity index (χ4v) is 4.07. The molecule has 2 aliphatic heterocycles. The molecule has 0 aromatic heterocycles. The van der Waals surface area contributed by atoms with E-state index in [0.717, 1.165) is 28.3 Å². The Morgan fingerprint density at radius 3 is 2.50 bits per heavy atom. The van der Waals surface area contributed by atoms with Crippen molar-refractivity contribution in [2.75, 3.05) is 18.5 Å². The van der Waals surface area contributed by atoms with Crippen molar-refractivity contribution in [3.05, 3.63) is 63.7 Å². The van der Waals surface area contributed by atoms with Crippen LogP contribution in [-0.4, -0.2) is 48.7 Å². The highest BCUT2D eigenvalue weighted by Gasteiger charge is 2.38. The zero-order chi connectivity index (χ0) is 26.8. The van der Waals surface area contributed by atoms with Crippen LogP contribution in [0.5, 0.6) is 0 Å². The number of anilines is 1. The molecule has 1 fully saturated rings. The number of halogens is 1. The maximum atomic E-state index is 12.4. The molecule has 4 rings (SSSR count). The molecular formula is C27H35ClN4O4. The van der Waals surface area contributed by atoms with Crippen molar-refractivity contribution >= 4 is 41.4 Å². The van der Waals surface area contributed by atoms with Gasteiger partial charge in [0.15, 0.2) is 0 Å². The molecule has 0 spiro atoms. The van der Waals surface area contributed by atoms with Gasteiger partial charge in [0.2, 0.25) is 18.2 Å².